The smallest absolute Gasteiger partial charge is 0.244 e. The average molecular weight is 344 g/mol. The number of hydrogen-bond donors (Lipinski definition) is 1. The number of carbonyl (C=O) groups excluding carboxylic acids is 1. The fourth-order valence-corrected chi connectivity index (χ4v) is 4.02. The summed E-state index contributed by atoms with van der Waals surface area (Å²) in [5.74, 6) is -0.0640. The van der Waals surface area contributed by atoms with Crippen LogP contribution in [0.1, 0.15) is 12.0 Å². The Morgan fingerprint density at radius 1 is 1.37 bits per heavy atom. The fraction of sp³-hybridized carbons (Fsp3) is 0.308. The van der Waals surface area contributed by atoms with Gasteiger partial charge in [-0.15, -0.1) is 0 Å². The lowest BCUT2D eigenvalue weighted by Gasteiger charge is -2.07. The van der Waals surface area contributed by atoms with Gasteiger partial charge in [-0.05, 0) is 24.1 Å². The maximum absolute atomic E-state index is 11.7. The van der Waals surface area contributed by atoms with Gasteiger partial charge in [-0.1, -0.05) is 34.1 Å². The third kappa shape index (κ3) is 4.18. The van der Waals surface area contributed by atoms with Gasteiger partial charge in [0.1, 0.15) is 0 Å². The molecule has 1 atom stereocenters. The zero-order valence-corrected chi connectivity index (χ0v) is 12.6. The monoisotopic (exact) mass is 343 g/mol. The quantitative estimate of drug-likeness (QED) is 0.850. The van der Waals surface area contributed by atoms with Crippen LogP contribution in [0.5, 0.6) is 0 Å². The van der Waals surface area contributed by atoms with Crippen molar-refractivity contribution in [2.24, 2.45) is 0 Å². The number of carbonyl (C=O) groups is 1. The highest BCUT2D eigenvalue weighted by Gasteiger charge is 2.28. The van der Waals surface area contributed by atoms with Crippen LogP contribution >= 0.6 is 15.9 Å². The molecule has 1 saturated heterocycles. The molecule has 2 rings (SSSR count). The van der Waals surface area contributed by atoms with Gasteiger partial charge in [0, 0.05) is 16.6 Å². The maximum Gasteiger partial charge on any atom is 0.244 e. The van der Waals surface area contributed by atoms with Gasteiger partial charge >= 0.3 is 0 Å². The summed E-state index contributed by atoms with van der Waals surface area (Å²) >= 11 is 3.39. The number of nitrogens with one attached hydrogen (secondary N) is 1. The van der Waals surface area contributed by atoms with E-state index in [2.05, 4.69) is 21.2 Å². The summed E-state index contributed by atoms with van der Waals surface area (Å²) in [5, 5.41) is 2.70. The second-order valence-corrected chi connectivity index (χ2v) is 7.55. The molecule has 0 spiro atoms. The van der Waals surface area contributed by atoms with Crippen LogP contribution in [0, 0.1) is 0 Å². The fourth-order valence-electron chi connectivity index (χ4n) is 1.93. The Balaban J connectivity index is 1.94. The van der Waals surface area contributed by atoms with Gasteiger partial charge in [-0.3, -0.25) is 4.79 Å². The SMILES string of the molecule is O=C(/C=C/c1ccccc1Br)NC1CCS(=O)(=O)C1. The number of hydrogen-bond acceptors (Lipinski definition) is 3. The molecule has 1 aliphatic heterocycles. The van der Waals surface area contributed by atoms with Gasteiger partial charge < -0.3 is 5.32 Å². The predicted octanol–water partition coefficient (Wildman–Crippen LogP) is 1.77. The van der Waals surface area contributed by atoms with E-state index in [9.17, 15) is 13.2 Å². The molecule has 0 bridgehead atoms. The van der Waals surface area contributed by atoms with Gasteiger partial charge in [-0.2, -0.15) is 0 Å². The summed E-state index contributed by atoms with van der Waals surface area (Å²) in [6.07, 6.45) is 3.62. The Hall–Kier alpha value is -1.14. The van der Waals surface area contributed by atoms with Gasteiger partial charge in [0.25, 0.3) is 0 Å². The molecular formula is C13H14BrNO3S. The number of sulfone groups is 1. The lowest BCUT2D eigenvalue weighted by atomic mass is 10.2. The molecule has 19 heavy (non-hydrogen) atoms. The molecule has 0 saturated carbocycles. The summed E-state index contributed by atoms with van der Waals surface area (Å²) in [7, 11) is -2.96. The molecule has 1 amide bonds. The van der Waals surface area contributed by atoms with Crippen molar-refractivity contribution in [3.05, 3.63) is 40.4 Å². The standard InChI is InChI=1S/C13H14BrNO3S/c14-12-4-2-1-3-10(12)5-6-13(16)15-11-7-8-19(17,18)9-11/h1-6,11H,7-9H2,(H,15,16)/b6-5+. The summed E-state index contributed by atoms with van der Waals surface area (Å²) in [6, 6.07) is 7.28. The molecule has 1 heterocycles. The van der Waals surface area contributed by atoms with E-state index >= 15 is 0 Å². The highest BCUT2D eigenvalue weighted by atomic mass is 79.9. The van der Waals surface area contributed by atoms with Gasteiger partial charge in [0.2, 0.25) is 5.91 Å². The van der Waals surface area contributed by atoms with Crippen LogP contribution in [-0.4, -0.2) is 31.9 Å². The first kappa shape index (κ1) is 14.3. The van der Waals surface area contributed by atoms with Crippen LogP contribution in [0.15, 0.2) is 34.8 Å². The molecule has 1 aromatic rings. The van der Waals surface area contributed by atoms with E-state index in [0.717, 1.165) is 10.0 Å². The lowest BCUT2D eigenvalue weighted by Crippen LogP contribution is -2.34. The maximum atomic E-state index is 11.7. The Labute approximate surface area is 120 Å². The number of amides is 1. The zero-order valence-electron chi connectivity index (χ0n) is 10.2. The van der Waals surface area contributed by atoms with Crippen LogP contribution in [0.4, 0.5) is 0 Å². The number of halogens is 1. The first-order valence-corrected chi connectivity index (χ1v) is 8.51. The van der Waals surface area contributed by atoms with Crippen LogP contribution < -0.4 is 5.32 Å². The van der Waals surface area contributed by atoms with Crippen LogP contribution in [0.2, 0.25) is 0 Å². The van der Waals surface area contributed by atoms with Crippen LogP contribution in [-0.2, 0) is 14.6 Å². The summed E-state index contributed by atoms with van der Waals surface area (Å²) in [6.45, 7) is 0. The van der Waals surface area contributed by atoms with Crippen molar-refractivity contribution in [1.82, 2.24) is 5.32 Å². The summed E-state index contributed by atoms with van der Waals surface area (Å²) in [4.78, 5) is 11.7. The molecule has 1 aliphatic rings. The molecule has 0 radical (unpaired) electrons. The topological polar surface area (TPSA) is 63.2 Å². The molecule has 1 N–H and O–H groups in total. The molecule has 4 nitrogen and oxygen atoms in total. The van der Waals surface area contributed by atoms with Crippen LogP contribution in [0.25, 0.3) is 6.08 Å². The normalized spacial score (nSPS) is 21.6. The van der Waals surface area contributed by atoms with Crippen molar-refractivity contribution in [3.8, 4) is 0 Å². The Bertz CT molecular complexity index is 610. The minimum Gasteiger partial charge on any atom is -0.349 e. The van der Waals surface area contributed by atoms with Crippen molar-refractivity contribution in [2.45, 2.75) is 12.5 Å². The third-order valence-corrected chi connectivity index (χ3v) is 5.39. The second kappa shape index (κ2) is 5.88. The Morgan fingerprint density at radius 3 is 2.74 bits per heavy atom. The molecule has 0 aromatic heterocycles. The Kier molecular flexibility index (Phi) is 4.42. The lowest BCUT2D eigenvalue weighted by molar-refractivity contribution is -0.116. The van der Waals surface area contributed by atoms with E-state index in [4.69, 9.17) is 0 Å². The highest BCUT2D eigenvalue weighted by molar-refractivity contribution is 9.10. The van der Waals surface area contributed by atoms with E-state index in [1.165, 1.54) is 6.08 Å². The molecule has 6 heteroatoms. The van der Waals surface area contributed by atoms with E-state index in [1.54, 1.807) is 6.08 Å². The molecular weight excluding hydrogens is 330 g/mol. The highest BCUT2D eigenvalue weighted by Crippen LogP contribution is 2.17. The largest absolute Gasteiger partial charge is 0.349 e. The first-order valence-electron chi connectivity index (χ1n) is 5.90. The van der Waals surface area contributed by atoms with Gasteiger partial charge in [-0.25, -0.2) is 8.42 Å². The molecule has 1 fully saturated rings. The molecule has 1 unspecified atom stereocenters. The molecule has 102 valence electrons. The number of benzene rings is 1. The minimum atomic E-state index is -2.96. The van der Waals surface area contributed by atoms with E-state index in [0.29, 0.717) is 6.42 Å². The minimum absolute atomic E-state index is 0.0433. The average Bonchev–Trinajstić information content (AvgIpc) is 2.67. The van der Waals surface area contributed by atoms with E-state index < -0.39 is 9.84 Å². The zero-order chi connectivity index (χ0) is 13.9. The molecule has 0 aliphatic carbocycles. The third-order valence-electron chi connectivity index (χ3n) is 2.90. The predicted molar refractivity (Wildman–Crippen MR) is 78.4 cm³/mol. The van der Waals surface area contributed by atoms with Crippen molar-refractivity contribution in [3.63, 3.8) is 0 Å². The summed E-state index contributed by atoms with van der Waals surface area (Å²) in [5.41, 5.74) is 0.900. The molecule has 1 aromatic carbocycles. The van der Waals surface area contributed by atoms with Gasteiger partial charge in [0.15, 0.2) is 9.84 Å². The van der Waals surface area contributed by atoms with Crippen molar-refractivity contribution in [2.75, 3.05) is 11.5 Å². The Morgan fingerprint density at radius 2 is 2.11 bits per heavy atom. The van der Waals surface area contributed by atoms with Crippen molar-refractivity contribution < 1.29 is 13.2 Å². The second-order valence-electron chi connectivity index (χ2n) is 4.46. The first-order chi connectivity index (χ1) is 8.96. The van der Waals surface area contributed by atoms with Crippen LogP contribution in [0.3, 0.4) is 0 Å². The number of rotatable bonds is 3. The van der Waals surface area contributed by atoms with Crippen molar-refractivity contribution in [1.29, 1.82) is 0 Å². The van der Waals surface area contributed by atoms with E-state index in [1.807, 2.05) is 24.3 Å². The van der Waals surface area contributed by atoms with Crippen molar-refractivity contribution >= 4 is 37.8 Å². The summed E-state index contributed by atoms with van der Waals surface area (Å²) < 4.78 is 23.4. The van der Waals surface area contributed by atoms with Gasteiger partial charge in [0.05, 0.1) is 11.5 Å². The van der Waals surface area contributed by atoms with E-state index in [-0.39, 0.29) is 23.5 Å².